The van der Waals surface area contributed by atoms with Crippen LogP contribution >= 0.6 is 34.8 Å². The number of halogens is 3. The number of non-ortho nitro benzene ring substituents is 1. The molecule has 1 aliphatic heterocycles. The number of imide groups is 1. The molecule has 34 heavy (non-hydrogen) atoms. The van der Waals surface area contributed by atoms with Crippen LogP contribution in [0, 0.1) is 10.1 Å². The maximum atomic E-state index is 12.8. The third kappa shape index (κ3) is 4.99. The highest BCUT2D eigenvalue weighted by atomic mass is 35.5. The van der Waals surface area contributed by atoms with E-state index in [1.54, 1.807) is 30.3 Å². The summed E-state index contributed by atoms with van der Waals surface area (Å²) < 4.78 is 5.69. The zero-order valence-electron chi connectivity index (χ0n) is 17.1. The summed E-state index contributed by atoms with van der Waals surface area (Å²) in [5, 5.41) is 14.0. The van der Waals surface area contributed by atoms with Crippen LogP contribution in [0.5, 0.6) is 5.75 Å². The first-order chi connectivity index (χ1) is 16.2. The average molecular weight is 519 g/mol. The molecule has 1 N–H and O–H groups in total. The average Bonchev–Trinajstić information content (AvgIpc) is 3.06. The van der Waals surface area contributed by atoms with Gasteiger partial charge < -0.3 is 10.1 Å². The van der Waals surface area contributed by atoms with Crippen molar-refractivity contribution in [2.24, 2.45) is 0 Å². The molecule has 3 amide bonds. The molecule has 1 heterocycles. The van der Waals surface area contributed by atoms with Crippen LogP contribution in [0.2, 0.25) is 15.1 Å². The number of rotatable bonds is 6. The van der Waals surface area contributed by atoms with Crippen LogP contribution in [0.1, 0.15) is 11.1 Å². The minimum atomic E-state index is -0.612. The molecular formula is C23H14Cl3N3O5. The molecule has 0 unspecified atom stereocenters. The van der Waals surface area contributed by atoms with E-state index >= 15 is 0 Å². The summed E-state index contributed by atoms with van der Waals surface area (Å²) in [4.78, 5) is 36.4. The van der Waals surface area contributed by atoms with Gasteiger partial charge in [-0.1, -0.05) is 40.9 Å². The molecule has 8 nitrogen and oxygen atoms in total. The second-order valence-corrected chi connectivity index (χ2v) is 8.39. The van der Waals surface area contributed by atoms with Gasteiger partial charge in [0.25, 0.3) is 11.6 Å². The summed E-state index contributed by atoms with van der Waals surface area (Å²) in [6.07, 6.45) is 1.45. The molecule has 1 fully saturated rings. The summed E-state index contributed by atoms with van der Waals surface area (Å²) >= 11 is 18.6. The first-order valence-corrected chi connectivity index (χ1v) is 10.8. The first kappa shape index (κ1) is 23.6. The molecule has 0 bridgehead atoms. The number of nitro groups is 1. The number of nitrogens with one attached hydrogen (secondary N) is 1. The van der Waals surface area contributed by atoms with E-state index in [1.807, 2.05) is 0 Å². The summed E-state index contributed by atoms with van der Waals surface area (Å²) in [5.74, 6) is -0.343. The van der Waals surface area contributed by atoms with Crippen molar-refractivity contribution < 1.29 is 19.2 Å². The number of anilines is 1. The van der Waals surface area contributed by atoms with Gasteiger partial charge in [-0.25, -0.2) is 9.69 Å². The third-order valence-corrected chi connectivity index (χ3v) is 5.60. The monoisotopic (exact) mass is 517 g/mol. The maximum absolute atomic E-state index is 12.8. The summed E-state index contributed by atoms with van der Waals surface area (Å²) in [6, 6.07) is 14.7. The van der Waals surface area contributed by atoms with Gasteiger partial charge in [-0.15, -0.1) is 0 Å². The van der Waals surface area contributed by atoms with Crippen molar-refractivity contribution in [2.45, 2.75) is 6.61 Å². The predicted octanol–water partition coefficient (Wildman–Crippen LogP) is 6.23. The molecule has 11 heteroatoms. The largest absolute Gasteiger partial charge is 0.486 e. The Kier molecular flexibility index (Phi) is 6.74. The van der Waals surface area contributed by atoms with Gasteiger partial charge in [0.15, 0.2) is 5.75 Å². The quantitative estimate of drug-likeness (QED) is 0.180. The van der Waals surface area contributed by atoms with E-state index in [2.05, 4.69) is 5.32 Å². The molecule has 3 aromatic carbocycles. The predicted molar refractivity (Wildman–Crippen MR) is 129 cm³/mol. The van der Waals surface area contributed by atoms with E-state index in [1.165, 1.54) is 36.4 Å². The molecule has 0 saturated carbocycles. The molecule has 4 rings (SSSR count). The van der Waals surface area contributed by atoms with Crippen molar-refractivity contribution in [1.82, 2.24) is 5.32 Å². The minimum absolute atomic E-state index is 0.0281. The van der Waals surface area contributed by atoms with Crippen molar-refractivity contribution in [1.29, 1.82) is 0 Å². The van der Waals surface area contributed by atoms with Gasteiger partial charge in [0.05, 0.1) is 20.7 Å². The van der Waals surface area contributed by atoms with E-state index in [4.69, 9.17) is 39.5 Å². The topological polar surface area (TPSA) is 102 Å². The van der Waals surface area contributed by atoms with E-state index in [9.17, 15) is 19.7 Å². The van der Waals surface area contributed by atoms with Gasteiger partial charge in [-0.3, -0.25) is 14.9 Å². The van der Waals surface area contributed by atoms with Gasteiger partial charge in [-0.05, 0) is 59.7 Å². The highest BCUT2D eigenvalue weighted by Gasteiger charge is 2.35. The Morgan fingerprint density at radius 1 is 1.00 bits per heavy atom. The van der Waals surface area contributed by atoms with Gasteiger partial charge in [0.1, 0.15) is 12.3 Å². The maximum Gasteiger partial charge on any atom is 0.333 e. The number of carbonyl (C=O) groups is 2. The molecule has 3 aromatic rings. The Morgan fingerprint density at radius 2 is 1.68 bits per heavy atom. The lowest BCUT2D eigenvalue weighted by molar-refractivity contribution is -0.384. The fourth-order valence-electron chi connectivity index (χ4n) is 3.22. The Morgan fingerprint density at radius 3 is 2.29 bits per heavy atom. The second-order valence-electron chi connectivity index (χ2n) is 7.13. The van der Waals surface area contributed by atoms with Crippen molar-refractivity contribution in [3.8, 4) is 5.75 Å². The lowest BCUT2D eigenvalue weighted by Gasteiger charge is -2.12. The molecule has 0 aliphatic carbocycles. The number of carbonyl (C=O) groups excluding carboxylic acids is 2. The molecule has 0 atom stereocenters. The molecular weight excluding hydrogens is 505 g/mol. The van der Waals surface area contributed by atoms with Crippen LogP contribution in [0.3, 0.4) is 0 Å². The SMILES string of the molecule is O=C1N/C(=C/c2cc(Cl)c(OCc3ccc([N+](=O)[O-])cc3)c(Cl)c2)C(=O)N1c1cccc(Cl)c1. The Labute approximate surface area is 208 Å². The standard InChI is InChI=1S/C23H14Cl3N3O5/c24-15-2-1-3-17(11-15)28-22(30)20(27-23(28)31)10-14-8-18(25)21(19(26)9-14)34-12-13-4-6-16(7-5-13)29(32)33/h1-11H,12H2,(H,27,31)/b20-10+. The first-order valence-electron chi connectivity index (χ1n) is 9.71. The smallest absolute Gasteiger partial charge is 0.333 e. The number of ether oxygens (including phenoxy) is 1. The van der Waals surface area contributed by atoms with E-state index in [0.29, 0.717) is 21.8 Å². The minimum Gasteiger partial charge on any atom is -0.486 e. The van der Waals surface area contributed by atoms with Crippen molar-refractivity contribution in [3.63, 3.8) is 0 Å². The van der Waals surface area contributed by atoms with Gasteiger partial charge in [-0.2, -0.15) is 0 Å². The number of nitro benzene ring substituents is 1. The summed E-state index contributed by atoms with van der Waals surface area (Å²) in [6.45, 7) is 0.0843. The Balaban J connectivity index is 1.52. The van der Waals surface area contributed by atoms with E-state index < -0.39 is 16.9 Å². The molecule has 1 saturated heterocycles. The number of amides is 3. The zero-order valence-corrected chi connectivity index (χ0v) is 19.4. The van der Waals surface area contributed by atoms with Gasteiger partial charge in [0, 0.05) is 17.2 Å². The van der Waals surface area contributed by atoms with E-state index in [0.717, 1.165) is 4.90 Å². The number of nitrogens with zero attached hydrogens (tertiary/aromatic N) is 2. The fraction of sp³-hybridized carbons (Fsp3) is 0.0435. The van der Waals surface area contributed by atoms with Crippen LogP contribution < -0.4 is 15.0 Å². The lowest BCUT2D eigenvalue weighted by Crippen LogP contribution is -2.30. The lowest BCUT2D eigenvalue weighted by atomic mass is 10.1. The fourth-order valence-corrected chi connectivity index (χ4v) is 4.02. The number of hydrogen-bond acceptors (Lipinski definition) is 5. The van der Waals surface area contributed by atoms with Gasteiger partial charge in [0.2, 0.25) is 0 Å². The number of hydrogen-bond donors (Lipinski definition) is 1. The van der Waals surface area contributed by atoms with Crippen LogP contribution in [-0.4, -0.2) is 16.9 Å². The van der Waals surface area contributed by atoms with Crippen LogP contribution in [-0.2, 0) is 11.4 Å². The molecule has 1 aliphatic rings. The van der Waals surface area contributed by atoms with Crippen molar-refractivity contribution >= 4 is 64.2 Å². The molecule has 0 spiro atoms. The van der Waals surface area contributed by atoms with Crippen molar-refractivity contribution in [2.75, 3.05) is 4.90 Å². The third-order valence-electron chi connectivity index (χ3n) is 4.81. The van der Waals surface area contributed by atoms with Crippen LogP contribution in [0.15, 0.2) is 66.4 Å². The van der Waals surface area contributed by atoms with Crippen LogP contribution in [0.4, 0.5) is 16.2 Å². The highest BCUT2D eigenvalue weighted by Crippen LogP contribution is 2.36. The van der Waals surface area contributed by atoms with Gasteiger partial charge >= 0.3 is 6.03 Å². The summed E-state index contributed by atoms with van der Waals surface area (Å²) in [5.41, 5.74) is 1.50. The molecule has 172 valence electrons. The summed E-state index contributed by atoms with van der Waals surface area (Å²) in [7, 11) is 0. The normalized spacial score (nSPS) is 14.4. The highest BCUT2D eigenvalue weighted by molar-refractivity contribution is 6.37. The second kappa shape index (κ2) is 9.72. The molecule has 0 radical (unpaired) electrons. The van der Waals surface area contributed by atoms with Crippen LogP contribution in [0.25, 0.3) is 6.08 Å². The number of urea groups is 1. The Bertz CT molecular complexity index is 1320. The number of benzene rings is 3. The van der Waals surface area contributed by atoms with E-state index in [-0.39, 0.29) is 33.8 Å². The zero-order chi connectivity index (χ0) is 24.4. The Hall–Kier alpha value is -3.59. The molecule has 0 aromatic heterocycles. The van der Waals surface area contributed by atoms with Crippen molar-refractivity contribution in [3.05, 3.63) is 103 Å².